The molecule has 1 aromatic heterocycles. The maximum atomic E-state index is 12.5. The van der Waals surface area contributed by atoms with Crippen molar-refractivity contribution in [1.29, 1.82) is 0 Å². The van der Waals surface area contributed by atoms with Gasteiger partial charge in [0.2, 0.25) is 5.91 Å². The molecule has 32 heavy (non-hydrogen) atoms. The summed E-state index contributed by atoms with van der Waals surface area (Å²) in [6.45, 7) is 5.21. The molecule has 0 aliphatic carbocycles. The molecule has 0 spiro atoms. The van der Waals surface area contributed by atoms with Crippen molar-refractivity contribution in [3.8, 4) is 0 Å². The van der Waals surface area contributed by atoms with Gasteiger partial charge >= 0.3 is 0 Å². The Morgan fingerprint density at radius 2 is 1.56 bits per heavy atom. The predicted molar refractivity (Wildman–Crippen MR) is 127 cm³/mol. The number of para-hydroxylation sites is 1. The van der Waals surface area contributed by atoms with Crippen molar-refractivity contribution in [2.75, 3.05) is 36.4 Å². The predicted octanol–water partition coefficient (Wildman–Crippen LogP) is 3.39. The molecule has 7 heteroatoms. The number of anilines is 2. The van der Waals surface area contributed by atoms with E-state index in [1.807, 2.05) is 36.4 Å². The maximum Gasteiger partial charge on any atom is 0.246 e. The second kappa shape index (κ2) is 9.20. The normalized spacial score (nSPS) is 14.6. The summed E-state index contributed by atoms with van der Waals surface area (Å²) in [5.74, 6) is -0.122. The van der Waals surface area contributed by atoms with E-state index < -0.39 is 0 Å². The summed E-state index contributed by atoms with van der Waals surface area (Å²) in [7, 11) is 0. The summed E-state index contributed by atoms with van der Waals surface area (Å²) < 4.78 is 1.62. The minimum atomic E-state index is -0.122. The van der Waals surface area contributed by atoms with Gasteiger partial charge in [-0.2, -0.15) is 0 Å². The molecule has 0 unspecified atom stereocenters. The van der Waals surface area contributed by atoms with Crippen LogP contribution in [0.1, 0.15) is 5.56 Å². The van der Waals surface area contributed by atoms with E-state index in [-0.39, 0.29) is 12.5 Å². The van der Waals surface area contributed by atoms with Gasteiger partial charge in [-0.25, -0.2) is 4.68 Å². The number of piperazine rings is 1. The summed E-state index contributed by atoms with van der Waals surface area (Å²) >= 11 is 0. The lowest BCUT2D eigenvalue weighted by atomic mass is 10.2. The van der Waals surface area contributed by atoms with Crippen LogP contribution in [-0.4, -0.2) is 52.0 Å². The Labute approximate surface area is 187 Å². The van der Waals surface area contributed by atoms with E-state index in [4.69, 9.17) is 0 Å². The Kier molecular flexibility index (Phi) is 5.81. The second-order valence-corrected chi connectivity index (χ2v) is 8.08. The molecular weight excluding hydrogens is 400 g/mol. The molecule has 1 N–H and O–H groups in total. The van der Waals surface area contributed by atoms with Crippen molar-refractivity contribution < 1.29 is 4.79 Å². The van der Waals surface area contributed by atoms with Gasteiger partial charge in [0.25, 0.3) is 0 Å². The van der Waals surface area contributed by atoms with Crippen molar-refractivity contribution in [1.82, 2.24) is 19.9 Å². The first kappa shape index (κ1) is 20.2. The number of amides is 1. The topological polar surface area (TPSA) is 66.3 Å². The fraction of sp³-hybridized carbons (Fsp3) is 0.240. The molecule has 1 aliphatic rings. The quantitative estimate of drug-likeness (QED) is 0.512. The first-order valence-electron chi connectivity index (χ1n) is 10.9. The molecule has 7 nitrogen and oxygen atoms in total. The number of carbonyl (C=O) groups is 1. The number of fused-ring (bicyclic) bond motifs is 1. The molecule has 1 saturated heterocycles. The molecule has 3 aromatic carbocycles. The average Bonchev–Trinajstić information content (AvgIpc) is 3.23. The zero-order valence-corrected chi connectivity index (χ0v) is 17.9. The molecule has 162 valence electrons. The molecule has 0 radical (unpaired) electrons. The Bertz CT molecular complexity index is 1180. The van der Waals surface area contributed by atoms with Gasteiger partial charge in [0.05, 0.1) is 5.52 Å². The van der Waals surface area contributed by atoms with Crippen molar-refractivity contribution in [2.24, 2.45) is 0 Å². The van der Waals surface area contributed by atoms with Gasteiger partial charge in [-0.15, -0.1) is 5.10 Å². The third-order valence-corrected chi connectivity index (χ3v) is 5.85. The Morgan fingerprint density at radius 1 is 0.844 bits per heavy atom. The standard InChI is InChI=1S/C25H26N6O/c32-25(19-31-24-9-5-4-8-23(24)27-28-31)26-21-10-12-22(13-11-21)30-16-14-29(15-17-30)18-20-6-2-1-3-7-20/h1-13H,14-19H2,(H,26,32). The molecular formula is C25H26N6O. The average molecular weight is 427 g/mol. The first-order valence-corrected chi connectivity index (χ1v) is 10.9. The zero-order chi connectivity index (χ0) is 21.8. The molecule has 1 amide bonds. The summed E-state index contributed by atoms with van der Waals surface area (Å²) in [4.78, 5) is 17.4. The summed E-state index contributed by atoms with van der Waals surface area (Å²) in [5.41, 5.74) is 4.97. The largest absolute Gasteiger partial charge is 0.369 e. The summed E-state index contributed by atoms with van der Waals surface area (Å²) in [6, 6.07) is 26.3. The lowest BCUT2D eigenvalue weighted by Gasteiger charge is -2.36. The van der Waals surface area contributed by atoms with Crippen molar-refractivity contribution >= 4 is 28.3 Å². The van der Waals surface area contributed by atoms with Crippen LogP contribution in [0.4, 0.5) is 11.4 Å². The van der Waals surface area contributed by atoms with Crippen molar-refractivity contribution in [3.63, 3.8) is 0 Å². The van der Waals surface area contributed by atoms with Gasteiger partial charge < -0.3 is 10.2 Å². The van der Waals surface area contributed by atoms with E-state index in [1.165, 1.54) is 11.3 Å². The number of hydrogen-bond acceptors (Lipinski definition) is 5. The van der Waals surface area contributed by atoms with Crippen LogP contribution in [0.2, 0.25) is 0 Å². The van der Waals surface area contributed by atoms with Crippen LogP contribution in [0.15, 0.2) is 78.9 Å². The number of carbonyl (C=O) groups excluding carboxylic acids is 1. The monoisotopic (exact) mass is 426 g/mol. The van der Waals surface area contributed by atoms with Crippen LogP contribution < -0.4 is 10.2 Å². The molecule has 0 atom stereocenters. The number of nitrogens with one attached hydrogen (secondary N) is 1. The van der Waals surface area contributed by atoms with Crippen molar-refractivity contribution in [3.05, 3.63) is 84.4 Å². The number of hydrogen-bond donors (Lipinski definition) is 1. The fourth-order valence-corrected chi connectivity index (χ4v) is 4.13. The molecule has 5 rings (SSSR count). The van der Waals surface area contributed by atoms with E-state index in [2.05, 4.69) is 67.9 Å². The van der Waals surface area contributed by atoms with Gasteiger partial charge in [-0.3, -0.25) is 9.69 Å². The van der Waals surface area contributed by atoms with Crippen LogP contribution in [-0.2, 0) is 17.9 Å². The van der Waals surface area contributed by atoms with E-state index in [0.29, 0.717) is 0 Å². The summed E-state index contributed by atoms with van der Waals surface area (Å²) in [6.07, 6.45) is 0. The highest BCUT2D eigenvalue weighted by molar-refractivity contribution is 5.91. The van der Waals surface area contributed by atoms with Gasteiger partial charge in [0, 0.05) is 44.1 Å². The first-order chi connectivity index (χ1) is 15.7. The molecule has 2 heterocycles. The van der Waals surface area contributed by atoms with Crippen molar-refractivity contribution in [2.45, 2.75) is 13.1 Å². The van der Waals surface area contributed by atoms with Gasteiger partial charge in [-0.05, 0) is 42.0 Å². The third kappa shape index (κ3) is 4.63. The van der Waals surface area contributed by atoms with E-state index in [0.717, 1.165) is 49.4 Å². The number of aromatic nitrogens is 3. The third-order valence-electron chi connectivity index (χ3n) is 5.85. The molecule has 4 aromatic rings. The minimum absolute atomic E-state index is 0.122. The van der Waals surface area contributed by atoms with Crippen LogP contribution in [0.3, 0.4) is 0 Å². The van der Waals surface area contributed by atoms with E-state index in [1.54, 1.807) is 4.68 Å². The Balaban J connectivity index is 1.14. The highest BCUT2D eigenvalue weighted by Crippen LogP contribution is 2.20. The maximum absolute atomic E-state index is 12.5. The Hall–Kier alpha value is -3.71. The lowest BCUT2D eigenvalue weighted by Crippen LogP contribution is -2.45. The van der Waals surface area contributed by atoms with Gasteiger partial charge in [-0.1, -0.05) is 47.7 Å². The highest BCUT2D eigenvalue weighted by Gasteiger charge is 2.17. The van der Waals surface area contributed by atoms with E-state index >= 15 is 0 Å². The number of nitrogens with zero attached hydrogens (tertiary/aromatic N) is 5. The van der Waals surface area contributed by atoms with Crippen LogP contribution in [0.5, 0.6) is 0 Å². The zero-order valence-electron chi connectivity index (χ0n) is 17.9. The smallest absolute Gasteiger partial charge is 0.246 e. The molecule has 0 bridgehead atoms. The SMILES string of the molecule is O=C(Cn1nnc2ccccc21)Nc1ccc(N2CCN(Cc3ccccc3)CC2)cc1. The second-order valence-electron chi connectivity index (χ2n) is 8.08. The number of benzene rings is 3. The Morgan fingerprint density at radius 3 is 2.34 bits per heavy atom. The van der Waals surface area contributed by atoms with E-state index in [9.17, 15) is 4.79 Å². The molecule has 1 fully saturated rings. The fourth-order valence-electron chi connectivity index (χ4n) is 4.13. The molecule has 1 aliphatic heterocycles. The van der Waals surface area contributed by atoms with Gasteiger partial charge in [0.15, 0.2) is 0 Å². The van der Waals surface area contributed by atoms with Crippen LogP contribution in [0, 0.1) is 0 Å². The lowest BCUT2D eigenvalue weighted by molar-refractivity contribution is -0.116. The minimum Gasteiger partial charge on any atom is -0.369 e. The highest BCUT2D eigenvalue weighted by atomic mass is 16.2. The van der Waals surface area contributed by atoms with Gasteiger partial charge in [0.1, 0.15) is 12.1 Å². The number of rotatable bonds is 6. The van der Waals surface area contributed by atoms with Crippen LogP contribution >= 0.6 is 0 Å². The van der Waals surface area contributed by atoms with Crippen LogP contribution in [0.25, 0.3) is 11.0 Å². The molecule has 0 saturated carbocycles. The summed E-state index contributed by atoms with van der Waals surface area (Å²) in [5, 5.41) is 11.1.